The summed E-state index contributed by atoms with van der Waals surface area (Å²) in [7, 11) is -1.01. The van der Waals surface area contributed by atoms with Crippen molar-refractivity contribution >= 4 is 24.8 Å². The van der Waals surface area contributed by atoms with Crippen LogP contribution in [0.1, 0.15) is 0 Å². The van der Waals surface area contributed by atoms with Crippen molar-refractivity contribution in [1.82, 2.24) is 9.97 Å². The standard InChI is InChI=1S/C15H23N3O2Si/c1-21(2,3)7-6-19-9-12-10-20-15-13(17-12)8-11-4-5-16-14(11)18-15/h4-5,8,12,17H,6-7,9-10H2,1-3H3,(H,16,18). The van der Waals surface area contributed by atoms with Crippen LogP contribution in [-0.2, 0) is 4.74 Å². The number of hydrogen-bond donors (Lipinski definition) is 2. The molecule has 0 saturated heterocycles. The second-order valence-corrected chi connectivity index (χ2v) is 12.4. The van der Waals surface area contributed by atoms with E-state index in [1.807, 2.05) is 12.3 Å². The van der Waals surface area contributed by atoms with Gasteiger partial charge in [0.2, 0.25) is 5.88 Å². The van der Waals surface area contributed by atoms with E-state index in [2.05, 4.69) is 41.0 Å². The number of nitrogens with zero attached hydrogens (tertiary/aromatic N) is 1. The first-order valence-corrected chi connectivity index (χ1v) is 11.2. The van der Waals surface area contributed by atoms with Gasteiger partial charge in [0.15, 0.2) is 0 Å². The minimum absolute atomic E-state index is 0.192. The van der Waals surface area contributed by atoms with E-state index in [1.54, 1.807) is 0 Å². The first kappa shape index (κ1) is 14.4. The lowest BCUT2D eigenvalue weighted by molar-refractivity contribution is 0.116. The van der Waals surface area contributed by atoms with Crippen molar-refractivity contribution in [2.75, 3.05) is 25.1 Å². The van der Waals surface area contributed by atoms with Gasteiger partial charge in [-0.3, -0.25) is 0 Å². The fourth-order valence-electron chi connectivity index (χ4n) is 2.31. The van der Waals surface area contributed by atoms with Gasteiger partial charge in [-0.25, -0.2) is 0 Å². The van der Waals surface area contributed by atoms with Crippen molar-refractivity contribution in [2.45, 2.75) is 31.7 Å². The van der Waals surface area contributed by atoms with Gasteiger partial charge in [-0.15, -0.1) is 0 Å². The van der Waals surface area contributed by atoms with Crippen molar-refractivity contribution in [1.29, 1.82) is 0 Å². The van der Waals surface area contributed by atoms with E-state index >= 15 is 0 Å². The second-order valence-electron chi connectivity index (χ2n) is 6.79. The van der Waals surface area contributed by atoms with Gasteiger partial charge in [0.05, 0.1) is 18.3 Å². The van der Waals surface area contributed by atoms with Gasteiger partial charge in [-0.1, -0.05) is 19.6 Å². The SMILES string of the molecule is C[Si](C)(C)CCOCC1COc2nc3[nH]ccc3cc2N1. The van der Waals surface area contributed by atoms with Crippen LogP contribution in [0.15, 0.2) is 18.3 Å². The molecule has 114 valence electrons. The molecule has 0 radical (unpaired) electrons. The Hall–Kier alpha value is -1.53. The monoisotopic (exact) mass is 305 g/mol. The summed E-state index contributed by atoms with van der Waals surface area (Å²) in [5, 5.41) is 4.55. The second kappa shape index (κ2) is 5.69. The molecule has 2 aromatic rings. The van der Waals surface area contributed by atoms with E-state index in [-0.39, 0.29) is 6.04 Å². The van der Waals surface area contributed by atoms with Crippen molar-refractivity contribution < 1.29 is 9.47 Å². The first-order valence-electron chi connectivity index (χ1n) is 7.46. The minimum atomic E-state index is -1.01. The highest BCUT2D eigenvalue weighted by Crippen LogP contribution is 2.30. The van der Waals surface area contributed by atoms with Crippen LogP contribution < -0.4 is 10.1 Å². The average molecular weight is 305 g/mol. The van der Waals surface area contributed by atoms with E-state index in [4.69, 9.17) is 9.47 Å². The number of aromatic amines is 1. The van der Waals surface area contributed by atoms with Crippen molar-refractivity contribution in [3.63, 3.8) is 0 Å². The molecule has 1 atom stereocenters. The molecule has 0 saturated carbocycles. The first-order chi connectivity index (χ1) is 10.0. The number of pyridine rings is 1. The van der Waals surface area contributed by atoms with Crippen LogP contribution in [0, 0.1) is 0 Å². The van der Waals surface area contributed by atoms with Gasteiger partial charge in [0.1, 0.15) is 12.3 Å². The van der Waals surface area contributed by atoms with Gasteiger partial charge in [0, 0.05) is 26.3 Å². The molecule has 0 aromatic carbocycles. The lowest BCUT2D eigenvalue weighted by Crippen LogP contribution is -2.36. The minimum Gasteiger partial charge on any atom is -0.474 e. The molecule has 0 spiro atoms. The molecule has 3 heterocycles. The van der Waals surface area contributed by atoms with Crippen LogP contribution in [0.2, 0.25) is 25.7 Å². The summed E-state index contributed by atoms with van der Waals surface area (Å²) in [4.78, 5) is 7.56. The van der Waals surface area contributed by atoms with Gasteiger partial charge >= 0.3 is 0 Å². The highest BCUT2D eigenvalue weighted by Gasteiger charge is 2.21. The topological polar surface area (TPSA) is 59.2 Å². The molecule has 0 bridgehead atoms. The summed E-state index contributed by atoms with van der Waals surface area (Å²) in [5.74, 6) is 0.670. The number of aromatic nitrogens is 2. The van der Waals surface area contributed by atoms with Crippen molar-refractivity contribution in [2.24, 2.45) is 0 Å². The molecule has 6 heteroatoms. The number of rotatable bonds is 5. The molecule has 0 aliphatic carbocycles. The van der Waals surface area contributed by atoms with Crippen LogP contribution in [-0.4, -0.2) is 43.9 Å². The van der Waals surface area contributed by atoms with E-state index in [1.165, 1.54) is 6.04 Å². The predicted molar refractivity (Wildman–Crippen MR) is 88.0 cm³/mol. The zero-order chi connectivity index (χ0) is 14.9. The zero-order valence-electron chi connectivity index (χ0n) is 12.9. The predicted octanol–water partition coefficient (Wildman–Crippen LogP) is 3.09. The Morgan fingerprint density at radius 2 is 2.29 bits per heavy atom. The maximum Gasteiger partial charge on any atom is 0.239 e. The Morgan fingerprint density at radius 3 is 3.10 bits per heavy atom. The molecule has 0 amide bonds. The zero-order valence-corrected chi connectivity index (χ0v) is 13.9. The Kier molecular flexibility index (Phi) is 3.90. The highest BCUT2D eigenvalue weighted by atomic mass is 28.3. The van der Waals surface area contributed by atoms with Gasteiger partial charge in [-0.05, 0) is 18.2 Å². The lowest BCUT2D eigenvalue weighted by Gasteiger charge is -2.27. The van der Waals surface area contributed by atoms with Crippen LogP contribution in [0.25, 0.3) is 11.0 Å². The third-order valence-electron chi connectivity index (χ3n) is 3.60. The number of H-pyrrole nitrogens is 1. The summed E-state index contributed by atoms with van der Waals surface area (Å²) in [6.07, 6.45) is 1.89. The third kappa shape index (κ3) is 3.57. The largest absolute Gasteiger partial charge is 0.474 e. The lowest BCUT2D eigenvalue weighted by atomic mass is 10.2. The molecule has 0 fully saturated rings. The Labute approximate surface area is 126 Å². The highest BCUT2D eigenvalue weighted by molar-refractivity contribution is 6.76. The average Bonchev–Trinajstić information content (AvgIpc) is 2.87. The molecule has 2 aromatic heterocycles. The molecule has 5 nitrogen and oxygen atoms in total. The molecule has 2 N–H and O–H groups in total. The van der Waals surface area contributed by atoms with E-state index < -0.39 is 8.07 Å². The summed E-state index contributed by atoms with van der Waals surface area (Å²) in [6, 6.07) is 5.47. The molecular formula is C15H23N3O2Si. The quantitative estimate of drug-likeness (QED) is 0.658. The van der Waals surface area contributed by atoms with Gasteiger partial charge in [0.25, 0.3) is 0 Å². The van der Waals surface area contributed by atoms with E-state index in [9.17, 15) is 0 Å². The van der Waals surface area contributed by atoms with Crippen LogP contribution in [0.5, 0.6) is 5.88 Å². The van der Waals surface area contributed by atoms with Gasteiger partial charge in [-0.2, -0.15) is 4.98 Å². The van der Waals surface area contributed by atoms with E-state index in [0.717, 1.165) is 23.3 Å². The fraction of sp³-hybridized carbons (Fsp3) is 0.533. The Bertz CT molecular complexity index is 621. The molecule has 3 rings (SSSR count). The number of ether oxygens (including phenoxy) is 2. The number of fused-ring (bicyclic) bond motifs is 2. The summed E-state index contributed by atoms with van der Waals surface area (Å²) in [6.45, 7) is 9.21. The smallest absolute Gasteiger partial charge is 0.239 e. The van der Waals surface area contributed by atoms with Crippen molar-refractivity contribution in [3.05, 3.63) is 18.3 Å². The maximum atomic E-state index is 5.80. The normalized spacial score (nSPS) is 18.1. The van der Waals surface area contributed by atoms with Gasteiger partial charge < -0.3 is 19.8 Å². The fourth-order valence-corrected chi connectivity index (χ4v) is 3.07. The number of anilines is 1. The van der Waals surface area contributed by atoms with Crippen LogP contribution >= 0.6 is 0 Å². The molecule has 1 aliphatic heterocycles. The molecule has 1 aliphatic rings. The Morgan fingerprint density at radius 1 is 1.43 bits per heavy atom. The molecule has 21 heavy (non-hydrogen) atoms. The van der Waals surface area contributed by atoms with Crippen LogP contribution in [0.3, 0.4) is 0 Å². The Balaban J connectivity index is 1.57. The molecule has 1 unspecified atom stereocenters. The van der Waals surface area contributed by atoms with Crippen molar-refractivity contribution in [3.8, 4) is 5.88 Å². The number of hydrogen-bond acceptors (Lipinski definition) is 4. The summed E-state index contributed by atoms with van der Waals surface area (Å²) in [5.41, 5.74) is 1.81. The number of nitrogens with one attached hydrogen (secondary N) is 2. The van der Waals surface area contributed by atoms with Crippen LogP contribution in [0.4, 0.5) is 5.69 Å². The maximum absolute atomic E-state index is 5.80. The third-order valence-corrected chi connectivity index (χ3v) is 5.30. The summed E-state index contributed by atoms with van der Waals surface area (Å²) >= 11 is 0. The molecular weight excluding hydrogens is 282 g/mol. The van der Waals surface area contributed by atoms with E-state index in [0.29, 0.717) is 19.1 Å². The summed E-state index contributed by atoms with van der Waals surface area (Å²) < 4.78 is 11.5.